The van der Waals surface area contributed by atoms with Gasteiger partial charge in [-0.1, -0.05) is 29.8 Å². The molecule has 0 saturated carbocycles. The van der Waals surface area contributed by atoms with Gasteiger partial charge in [-0.15, -0.1) is 0 Å². The molecule has 0 bridgehead atoms. The minimum Gasteiger partial charge on any atom is -0.482 e. The number of carbonyl (C=O) groups excluding carboxylic acids is 1. The van der Waals surface area contributed by atoms with Gasteiger partial charge in [-0.05, 0) is 54.1 Å². The predicted molar refractivity (Wildman–Crippen MR) is 109 cm³/mol. The van der Waals surface area contributed by atoms with Crippen LogP contribution in [0.1, 0.15) is 11.1 Å². The Morgan fingerprint density at radius 2 is 1.73 bits per heavy atom. The number of fused-ring (bicyclic) bond motifs is 1. The predicted octanol–water partition coefficient (Wildman–Crippen LogP) is 6.03. The van der Waals surface area contributed by atoms with E-state index < -0.39 is 11.7 Å². The number of amides is 1. The van der Waals surface area contributed by atoms with E-state index in [1.807, 2.05) is 12.1 Å². The molecule has 0 unspecified atom stereocenters. The molecule has 154 valence electrons. The minimum atomic E-state index is -4.43. The molecule has 1 N–H and O–H groups in total. The normalized spacial score (nSPS) is 13.6. The third-order valence-corrected chi connectivity index (χ3v) is 4.89. The summed E-state index contributed by atoms with van der Waals surface area (Å²) in [5.41, 5.74) is 1.51. The van der Waals surface area contributed by atoms with E-state index in [9.17, 15) is 18.0 Å². The molecule has 1 aliphatic rings. The molecule has 4 nitrogen and oxygen atoms in total. The summed E-state index contributed by atoms with van der Waals surface area (Å²) in [5, 5.41) is 3.56. The standard InChI is InChI=1S/C22H16ClF3N2O2/c23-16-6-4-14(5-7-16)12-28-19-11-18(8-9-20(19)30-13-21(28)29)27-17-3-1-2-15(10-17)22(24,25)26/h1-11,27H,12-13H2. The molecule has 0 spiro atoms. The molecular formula is C22H16ClF3N2O2. The van der Waals surface area contributed by atoms with Gasteiger partial charge in [0, 0.05) is 16.4 Å². The van der Waals surface area contributed by atoms with Crippen LogP contribution in [0, 0.1) is 0 Å². The first-order valence-electron chi connectivity index (χ1n) is 9.05. The summed E-state index contributed by atoms with van der Waals surface area (Å²) in [6.45, 7) is 0.236. The molecule has 4 rings (SSSR count). The van der Waals surface area contributed by atoms with Crippen LogP contribution in [-0.4, -0.2) is 12.5 Å². The Kier molecular flexibility index (Phi) is 5.30. The lowest BCUT2D eigenvalue weighted by Crippen LogP contribution is -2.38. The summed E-state index contributed by atoms with van der Waals surface area (Å²) in [4.78, 5) is 14.1. The zero-order valence-electron chi connectivity index (χ0n) is 15.5. The molecule has 0 aromatic heterocycles. The maximum Gasteiger partial charge on any atom is 0.416 e. The van der Waals surface area contributed by atoms with Gasteiger partial charge in [0.1, 0.15) is 5.75 Å². The first-order valence-corrected chi connectivity index (χ1v) is 9.43. The summed E-state index contributed by atoms with van der Waals surface area (Å²) < 4.78 is 44.4. The lowest BCUT2D eigenvalue weighted by molar-refractivity contribution is -0.137. The quantitative estimate of drug-likeness (QED) is 0.547. The van der Waals surface area contributed by atoms with Crippen LogP contribution < -0.4 is 15.0 Å². The van der Waals surface area contributed by atoms with Gasteiger partial charge in [0.25, 0.3) is 5.91 Å². The number of halogens is 4. The molecule has 30 heavy (non-hydrogen) atoms. The molecule has 0 atom stereocenters. The number of hydrogen-bond donors (Lipinski definition) is 1. The van der Waals surface area contributed by atoms with Crippen molar-refractivity contribution in [2.24, 2.45) is 0 Å². The number of hydrogen-bond acceptors (Lipinski definition) is 3. The average Bonchev–Trinajstić information content (AvgIpc) is 2.71. The molecule has 0 fully saturated rings. The number of rotatable bonds is 4. The highest BCUT2D eigenvalue weighted by atomic mass is 35.5. The van der Waals surface area contributed by atoms with Crippen molar-refractivity contribution in [1.29, 1.82) is 0 Å². The van der Waals surface area contributed by atoms with E-state index in [0.717, 1.165) is 17.7 Å². The van der Waals surface area contributed by atoms with Crippen LogP contribution in [0.4, 0.5) is 30.2 Å². The number of anilines is 3. The Balaban J connectivity index is 1.62. The van der Waals surface area contributed by atoms with Crippen LogP contribution in [0.2, 0.25) is 5.02 Å². The highest BCUT2D eigenvalue weighted by Crippen LogP contribution is 2.37. The average molecular weight is 433 g/mol. The third kappa shape index (κ3) is 4.36. The largest absolute Gasteiger partial charge is 0.482 e. The first kappa shape index (κ1) is 20.1. The van der Waals surface area contributed by atoms with Crippen molar-refractivity contribution in [3.8, 4) is 5.75 Å². The molecule has 0 radical (unpaired) electrons. The van der Waals surface area contributed by atoms with Gasteiger partial charge >= 0.3 is 6.18 Å². The van der Waals surface area contributed by atoms with E-state index in [4.69, 9.17) is 16.3 Å². The Morgan fingerprint density at radius 3 is 2.47 bits per heavy atom. The van der Waals surface area contributed by atoms with E-state index in [0.29, 0.717) is 28.7 Å². The molecule has 0 saturated heterocycles. The summed E-state index contributed by atoms with van der Waals surface area (Å²) in [7, 11) is 0. The molecule has 8 heteroatoms. The fourth-order valence-corrected chi connectivity index (χ4v) is 3.29. The highest BCUT2D eigenvalue weighted by molar-refractivity contribution is 6.30. The Morgan fingerprint density at radius 1 is 1.00 bits per heavy atom. The number of nitrogens with zero attached hydrogens (tertiary/aromatic N) is 1. The second-order valence-electron chi connectivity index (χ2n) is 6.78. The van der Waals surface area contributed by atoms with Gasteiger partial charge in [0.15, 0.2) is 6.61 Å². The molecule has 1 amide bonds. The van der Waals surface area contributed by atoms with Crippen LogP contribution in [0.15, 0.2) is 66.7 Å². The van der Waals surface area contributed by atoms with Crippen LogP contribution in [0.25, 0.3) is 0 Å². The van der Waals surface area contributed by atoms with Crippen molar-refractivity contribution in [2.75, 3.05) is 16.8 Å². The first-order chi connectivity index (χ1) is 14.3. The second-order valence-corrected chi connectivity index (χ2v) is 7.22. The van der Waals surface area contributed by atoms with Crippen molar-refractivity contribution in [3.63, 3.8) is 0 Å². The molecule has 0 aliphatic carbocycles. The molecular weight excluding hydrogens is 417 g/mol. The van der Waals surface area contributed by atoms with Crippen molar-refractivity contribution >= 4 is 34.6 Å². The second kappa shape index (κ2) is 7.91. The summed E-state index contributed by atoms with van der Waals surface area (Å²) in [6, 6.07) is 17.1. The fraction of sp³-hybridized carbons (Fsp3) is 0.136. The SMILES string of the molecule is O=C1COc2ccc(Nc3cccc(C(F)(F)F)c3)cc2N1Cc1ccc(Cl)cc1. The Hall–Kier alpha value is -3.19. The van der Waals surface area contributed by atoms with E-state index in [2.05, 4.69) is 5.32 Å². The van der Waals surface area contributed by atoms with Crippen molar-refractivity contribution in [3.05, 3.63) is 82.9 Å². The van der Waals surface area contributed by atoms with E-state index in [1.54, 1.807) is 41.3 Å². The van der Waals surface area contributed by atoms with Gasteiger partial charge in [-0.2, -0.15) is 13.2 Å². The topological polar surface area (TPSA) is 41.6 Å². The van der Waals surface area contributed by atoms with Gasteiger partial charge in [-0.3, -0.25) is 4.79 Å². The van der Waals surface area contributed by atoms with Crippen LogP contribution >= 0.6 is 11.6 Å². The van der Waals surface area contributed by atoms with Crippen LogP contribution in [0.5, 0.6) is 5.75 Å². The van der Waals surface area contributed by atoms with E-state index in [1.165, 1.54) is 6.07 Å². The summed E-state index contributed by atoms with van der Waals surface area (Å²) >= 11 is 5.92. The molecule has 1 heterocycles. The number of alkyl halides is 3. The Bertz CT molecular complexity index is 1080. The molecule has 1 aliphatic heterocycles. The van der Waals surface area contributed by atoms with E-state index >= 15 is 0 Å². The lowest BCUT2D eigenvalue weighted by Gasteiger charge is -2.30. The van der Waals surface area contributed by atoms with E-state index in [-0.39, 0.29) is 18.2 Å². The maximum atomic E-state index is 13.0. The lowest BCUT2D eigenvalue weighted by atomic mass is 10.1. The van der Waals surface area contributed by atoms with Crippen LogP contribution in [-0.2, 0) is 17.5 Å². The van der Waals surface area contributed by atoms with Crippen molar-refractivity contribution < 1.29 is 22.7 Å². The minimum absolute atomic E-state index is 0.0823. The zero-order chi connectivity index (χ0) is 21.3. The number of ether oxygens (including phenoxy) is 1. The van der Waals surface area contributed by atoms with Crippen LogP contribution in [0.3, 0.4) is 0 Å². The molecule has 3 aromatic carbocycles. The summed E-state index contributed by atoms with van der Waals surface area (Å²) in [6.07, 6.45) is -4.43. The van der Waals surface area contributed by atoms with Gasteiger partial charge in [-0.25, -0.2) is 0 Å². The van der Waals surface area contributed by atoms with Gasteiger partial charge in [0.2, 0.25) is 0 Å². The fourth-order valence-electron chi connectivity index (χ4n) is 3.17. The zero-order valence-corrected chi connectivity index (χ0v) is 16.3. The number of carbonyl (C=O) groups is 1. The van der Waals surface area contributed by atoms with Crippen molar-refractivity contribution in [2.45, 2.75) is 12.7 Å². The van der Waals surface area contributed by atoms with Gasteiger partial charge < -0.3 is 15.0 Å². The highest BCUT2D eigenvalue weighted by Gasteiger charge is 2.30. The third-order valence-electron chi connectivity index (χ3n) is 4.63. The van der Waals surface area contributed by atoms with Gasteiger partial charge in [0.05, 0.1) is 17.8 Å². The van der Waals surface area contributed by atoms with Crippen molar-refractivity contribution in [1.82, 2.24) is 0 Å². The maximum absolute atomic E-state index is 13.0. The number of benzene rings is 3. The molecule has 3 aromatic rings. The number of nitrogens with one attached hydrogen (secondary N) is 1. The monoisotopic (exact) mass is 432 g/mol. The smallest absolute Gasteiger partial charge is 0.416 e. The Labute approximate surface area is 175 Å². The summed E-state index contributed by atoms with van der Waals surface area (Å²) in [5.74, 6) is 0.312.